The Morgan fingerprint density at radius 2 is 1.22 bits per heavy atom. The van der Waals surface area contributed by atoms with Gasteiger partial charge in [-0.05, 0) is 99.5 Å². The Hall–Kier alpha value is -0.998. The summed E-state index contributed by atoms with van der Waals surface area (Å²) in [6.07, 6.45) is 15.1. The van der Waals surface area contributed by atoms with Gasteiger partial charge < -0.3 is 6.15 Å². The van der Waals surface area contributed by atoms with Crippen LogP contribution in [0.2, 0.25) is 0 Å². The molecule has 1 unspecified atom stereocenters. The Bertz CT molecular complexity index is 1310. The zero-order chi connectivity index (χ0) is 31.1. The molecule has 2 aliphatic rings. The van der Waals surface area contributed by atoms with Crippen LogP contribution in [0.1, 0.15) is 176 Å². The zero-order valence-corrected chi connectivity index (χ0v) is 32.8. The molecule has 3 aromatic rings. The number of rotatable bonds is 7. The van der Waals surface area contributed by atoms with Crippen LogP contribution in [0.15, 0.2) is 48.5 Å². The first-order valence-electron chi connectivity index (χ1n) is 17.4. The molecule has 3 N–H and O–H groups in total. The molecule has 45 heavy (non-hydrogen) atoms. The summed E-state index contributed by atoms with van der Waals surface area (Å²) in [5.74, 6) is 3.12. The van der Waals surface area contributed by atoms with Crippen molar-refractivity contribution in [2.75, 3.05) is 0 Å². The van der Waals surface area contributed by atoms with Gasteiger partial charge in [-0.15, -0.1) is 21.6 Å². The first-order valence-corrected chi connectivity index (χ1v) is 18.8. The van der Waals surface area contributed by atoms with Gasteiger partial charge in [-0.1, -0.05) is 104 Å². The van der Waals surface area contributed by atoms with Crippen LogP contribution in [-0.4, -0.2) is 0 Å². The van der Waals surface area contributed by atoms with Crippen LogP contribution in [0.4, 0.5) is 0 Å². The van der Waals surface area contributed by atoms with Crippen LogP contribution in [0, 0.1) is 0 Å². The van der Waals surface area contributed by atoms with Crippen molar-refractivity contribution in [1.82, 2.24) is 6.15 Å². The van der Waals surface area contributed by atoms with Crippen molar-refractivity contribution in [3.8, 4) is 11.1 Å². The van der Waals surface area contributed by atoms with Crippen molar-refractivity contribution in [3.05, 3.63) is 81.9 Å². The fraction of sp³-hybridized carbons (Fsp3) is 0.561. The summed E-state index contributed by atoms with van der Waals surface area (Å²) >= 11 is 3.20. The van der Waals surface area contributed by atoms with Gasteiger partial charge in [0.2, 0.25) is 0 Å². The van der Waals surface area contributed by atoms with E-state index in [1.807, 2.05) is 6.07 Å². The van der Waals surface area contributed by atoms with Gasteiger partial charge >= 0.3 is 66.4 Å². The van der Waals surface area contributed by atoms with Crippen LogP contribution in [0.5, 0.6) is 0 Å². The second-order valence-electron chi connectivity index (χ2n) is 14.1. The van der Waals surface area contributed by atoms with Crippen molar-refractivity contribution in [1.29, 1.82) is 0 Å². The Morgan fingerprint density at radius 3 is 1.67 bits per heavy atom. The maximum atomic E-state index is 3.28. The van der Waals surface area contributed by atoms with Gasteiger partial charge in [-0.2, -0.15) is 0 Å². The van der Waals surface area contributed by atoms with E-state index in [4.69, 9.17) is 0 Å². The third-order valence-corrected chi connectivity index (χ3v) is 11.5. The van der Waals surface area contributed by atoms with E-state index in [9.17, 15) is 0 Å². The standard InChI is InChI=1S/C33H49P.C8H9.ClH.H3N.Pd/c1-21(2)26-19-29(22(3)4)32(30(20-26)23(5)6)28-18-17-27(24-13-9-7-10-14-24)31(33(28)34)25-15-11-8-12-16-25;1-2-8-6-4-3-5-7-8;;;/h17-25H,7-16,34H2,1-6H3;3-6H,2H2,1H3;1H;1H3;. The maximum Gasteiger partial charge on any atom is -0.147 e. The Kier molecular flexibility index (Phi) is 17.1. The van der Waals surface area contributed by atoms with E-state index in [2.05, 4.69) is 119 Å². The molecule has 5 rings (SSSR count). The molecule has 2 saturated carbocycles. The van der Waals surface area contributed by atoms with E-state index in [1.165, 1.54) is 95.8 Å². The van der Waals surface area contributed by atoms with Crippen molar-refractivity contribution in [2.24, 2.45) is 0 Å². The molecule has 0 amide bonds. The summed E-state index contributed by atoms with van der Waals surface area (Å²) in [6, 6.07) is 18.5. The predicted octanol–water partition coefficient (Wildman–Crippen LogP) is 12.3. The summed E-state index contributed by atoms with van der Waals surface area (Å²) < 4.78 is 1.25. The largest absolute Gasteiger partial charge is 0.344 e. The summed E-state index contributed by atoms with van der Waals surface area (Å²) in [5, 5.41) is 1.52. The molecule has 0 bridgehead atoms. The second kappa shape index (κ2) is 19.1. The van der Waals surface area contributed by atoms with Crippen molar-refractivity contribution >= 4 is 31.0 Å². The third kappa shape index (κ3) is 10.0. The second-order valence-corrected chi connectivity index (χ2v) is 15.6. The molecular weight excluding hydrogens is 679 g/mol. The topological polar surface area (TPSA) is 35.0 Å². The van der Waals surface area contributed by atoms with E-state index >= 15 is 0 Å². The minimum Gasteiger partial charge on any atom is -0.344 e. The zero-order valence-electron chi connectivity index (χ0n) is 29.3. The monoisotopic (exact) mass is 740 g/mol. The van der Waals surface area contributed by atoms with Gasteiger partial charge in [0.25, 0.3) is 0 Å². The molecule has 0 saturated heterocycles. The molecule has 0 radical (unpaired) electrons. The van der Waals surface area contributed by atoms with Gasteiger partial charge in [0.1, 0.15) is 0 Å². The minimum atomic E-state index is 0. The number of aryl methyl sites for hydroxylation is 1. The Labute approximate surface area is 296 Å². The molecular formula is C41H62ClNPPd. The quantitative estimate of drug-likeness (QED) is 0.190. The molecule has 0 spiro atoms. The van der Waals surface area contributed by atoms with Crippen molar-refractivity contribution < 1.29 is 19.2 Å². The van der Waals surface area contributed by atoms with Crippen molar-refractivity contribution in [3.63, 3.8) is 0 Å². The molecule has 0 heterocycles. The molecule has 1 atom stereocenters. The van der Waals surface area contributed by atoms with Crippen LogP contribution in [0.25, 0.3) is 11.1 Å². The first kappa shape index (κ1) is 40.2. The normalized spacial score (nSPS) is 15.8. The summed E-state index contributed by atoms with van der Waals surface area (Å²) in [5.41, 5.74) is 12.4. The van der Waals surface area contributed by atoms with E-state index in [0.29, 0.717) is 17.8 Å². The molecule has 1 nitrogen and oxygen atoms in total. The molecule has 3 aromatic carbocycles. The van der Waals surface area contributed by atoms with E-state index in [0.717, 1.165) is 18.3 Å². The number of halogens is 1. The summed E-state index contributed by atoms with van der Waals surface area (Å²) in [6.45, 7) is 16.4. The third-order valence-electron chi connectivity index (χ3n) is 10.1. The molecule has 253 valence electrons. The number of hydrogen-bond donors (Lipinski definition) is 1. The molecule has 0 aliphatic heterocycles. The van der Waals surface area contributed by atoms with Gasteiger partial charge in [0.05, 0.1) is 0 Å². The fourth-order valence-corrected chi connectivity index (χ4v) is 8.71. The van der Waals surface area contributed by atoms with E-state index < -0.39 is 0 Å². The number of hydrogen-bond acceptors (Lipinski definition) is 1. The van der Waals surface area contributed by atoms with Gasteiger partial charge in [0.15, 0.2) is 0 Å². The predicted molar refractivity (Wildman–Crippen MR) is 203 cm³/mol. The minimum absolute atomic E-state index is 0. The van der Waals surface area contributed by atoms with E-state index in [1.54, 1.807) is 22.3 Å². The van der Waals surface area contributed by atoms with Crippen LogP contribution >= 0.6 is 21.6 Å². The van der Waals surface area contributed by atoms with Crippen LogP contribution in [0.3, 0.4) is 0 Å². The summed E-state index contributed by atoms with van der Waals surface area (Å²) in [7, 11) is 3.28. The fourth-order valence-electron chi connectivity index (χ4n) is 7.52. The van der Waals surface area contributed by atoms with Crippen LogP contribution < -0.4 is 15.5 Å². The maximum absolute atomic E-state index is 3.28. The van der Waals surface area contributed by atoms with Gasteiger partial charge in [-0.3, -0.25) is 0 Å². The van der Waals surface area contributed by atoms with E-state index in [-0.39, 0.29) is 18.6 Å². The first-order chi connectivity index (χ1) is 20.6. The SMILES string of the molecule is CC(C)c1cc(C(C)C)c(-c2ccc(C3CCCCC3)c(C3CCCCC3)c2P)c(C(C)C)c1.CCc1cccc[c]1[Pd].Cl.N. The molecule has 2 aliphatic carbocycles. The van der Waals surface area contributed by atoms with Gasteiger partial charge in [-0.25, -0.2) is 0 Å². The average Bonchev–Trinajstić information content (AvgIpc) is 3.01. The molecule has 2 fully saturated rings. The molecule has 0 aromatic heterocycles. The summed E-state index contributed by atoms with van der Waals surface area (Å²) in [4.78, 5) is 0. The molecule has 4 heteroatoms. The Balaban J connectivity index is 0.000000554. The number of benzene rings is 3. The smallest absolute Gasteiger partial charge is 0.147 e. The average molecular weight is 742 g/mol. The van der Waals surface area contributed by atoms with Gasteiger partial charge in [0, 0.05) is 0 Å². The van der Waals surface area contributed by atoms with Crippen molar-refractivity contribution in [2.45, 2.75) is 149 Å². The Morgan fingerprint density at radius 1 is 0.711 bits per heavy atom. The van der Waals surface area contributed by atoms with Crippen LogP contribution in [-0.2, 0) is 25.6 Å².